The highest BCUT2D eigenvalue weighted by molar-refractivity contribution is 7.89. The number of esters is 1. The number of sulfonamides is 1. The van der Waals surface area contributed by atoms with Gasteiger partial charge in [0.25, 0.3) is 0 Å². The summed E-state index contributed by atoms with van der Waals surface area (Å²) in [5.41, 5.74) is 0.0316. The van der Waals surface area contributed by atoms with E-state index in [1.807, 2.05) is 0 Å². The van der Waals surface area contributed by atoms with Gasteiger partial charge in [-0.3, -0.25) is 4.79 Å². The first-order valence-electron chi connectivity index (χ1n) is 8.05. The number of methoxy groups -OCH3 is 1. The molecule has 1 fully saturated rings. The number of fused-ring (bicyclic) bond motifs is 1. The highest BCUT2D eigenvalue weighted by atomic mass is 32.2. The van der Waals surface area contributed by atoms with Crippen molar-refractivity contribution in [3.05, 3.63) is 36.2 Å². The summed E-state index contributed by atoms with van der Waals surface area (Å²) in [5.74, 6) is -2.38. The topological polar surface area (TPSA) is 114 Å². The highest BCUT2D eigenvalue weighted by Gasteiger charge is 2.34. The van der Waals surface area contributed by atoms with Crippen molar-refractivity contribution in [3.63, 3.8) is 0 Å². The molecule has 1 aromatic carbocycles. The zero-order chi connectivity index (χ0) is 18.9. The number of piperidine rings is 1. The molecule has 0 aliphatic carbocycles. The first-order valence-corrected chi connectivity index (χ1v) is 9.49. The van der Waals surface area contributed by atoms with Gasteiger partial charge in [0.15, 0.2) is 5.69 Å². The van der Waals surface area contributed by atoms with E-state index >= 15 is 0 Å². The van der Waals surface area contributed by atoms with Gasteiger partial charge in [-0.15, -0.1) is 0 Å². The minimum atomic E-state index is -3.91. The van der Waals surface area contributed by atoms with Crippen molar-refractivity contribution < 1.29 is 27.9 Å². The predicted molar refractivity (Wildman–Crippen MR) is 92.2 cm³/mol. The number of carboxylic acids is 1. The van der Waals surface area contributed by atoms with E-state index in [9.17, 15) is 23.1 Å². The lowest BCUT2D eigenvalue weighted by atomic mass is 10.0. The van der Waals surface area contributed by atoms with Gasteiger partial charge in [0.05, 0.1) is 17.9 Å². The Bertz CT molecular complexity index is 972. The Morgan fingerprint density at radius 2 is 2.04 bits per heavy atom. The highest BCUT2D eigenvalue weighted by Crippen LogP contribution is 2.30. The number of carbonyl (C=O) groups excluding carboxylic acids is 1. The molecule has 0 radical (unpaired) electrons. The molecule has 1 atom stereocenters. The van der Waals surface area contributed by atoms with Crippen LogP contribution in [0.1, 0.15) is 23.3 Å². The van der Waals surface area contributed by atoms with Crippen LogP contribution in [-0.4, -0.2) is 55.0 Å². The summed E-state index contributed by atoms with van der Waals surface area (Å²) in [7, 11) is -2.69. The van der Waals surface area contributed by atoms with Gasteiger partial charge in [0.1, 0.15) is 0 Å². The Labute approximate surface area is 150 Å². The van der Waals surface area contributed by atoms with E-state index in [1.54, 1.807) is 6.07 Å². The lowest BCUT2D eigenvalue weighted by Gasteiger charge is -2.30. The lowest BCUT2D eigenvalue weighted by Crippen LogP contribution is -2.42. The van der Waals surface area contributed by atoms with Crippen LogP contribution in [0.3, 0.4) is 0 Å². The Kier molecular flexibility index (Phi) is 4.92. The predicted octanol–water partition coefficient (Wildman–Crippen LogP) is 1.51. The number of ether oxygens (including phenoxy) is 1. The first-order chi connectivity index (χ1) is 12.4. The monoisotopic (exact) mass is 378 g/mol. The maximum Gasteiger partial charge on any atom is 0.357 e. The van der Waals surface area contributed by atoms with Crippen LogP contribution in [0.25, 0.3) is 10.8 Å². The largest absolute Gasteiger partial charge is 0.481 e. The molecule has 0 saturated carbocycles. The summed E-state index contributed by atoms with van der Waals surface area (Å²) >= 11 is 0. The number of aromatic nitrogens is 1. The van der Waals surface area contributed by atoms with Gasteiger partial charge in [0, 0.05) is 30.1 Å². The third-order valence-electron chi connectivity index (χ3n) is 4.50. The van der Waals surface area contributed by atoms with E-state index in [4.69, 9.17) is 4.74 Å². The molecular weight excluding hydrogens is 360 g/mol. The van der Waals surface area contributed by atoms with Gasteiger partial charge in [-0.1, -0.05) is 12.1 Å². The molecule has 1 aliphatic rings. The Hall–Kier alpha value is -2.52. The summed E-state index contributed by atoms with van der Waals surface area (Å²) in [6.07, 6.45) is 2.28. The number of benzene rings is 1. The van der Waals surface area contributed by atoms with E-state index < -0.39 is 27.9 Å². The van der Waals surface area contributed by atoms with Gasteiger partial charge in [-0.2, -0.15) is 4.31 Å². The van der Waals surface area contributed by atoms with Crippen molar-refractivity contribution >= 4 is 32.7 Å². The SMILES string of the molecule is COC(=O)c1nccc2c(S(=O)(=O)N3CCCC(C(=O)O)C3)cccc12. The standard InChI is InChI=1S/C17H18N2O6S/c1-25-17(22)15-13-5-2-6-14(12(13)7-8-18-15)26(23,24)19-9-3-4-11(10-19)16(20)21/h2,5-8,11H,3-4,9-10H2,1H3,(H,20,21). The van der Waals surface area contributed by atoms with E-state index in [0.717, 1.165) is 0 Å². The number of hydrogen-bond donors (Lipinski definition) is 1. The number of aliphatic carboxylic acids is 1. The Balaban J connectivity index is 2.10. The second-order valence-corrected chi connectivity index (χ2v) is 7.95. The zero-order valence-electron chi connectivity index (χ0n) is 14.1. The lowest BCUT2D eigenvalue weighted by molar-refractivity contribution is -0.142. The van der Waals surface area contributed by atoms with E-state index in [2.05, 4.69) is 4.98 Å². The van der Waals surface area contributed by atoms with E-state index in [-0.39, 0.29) is 23.7 Å². The molecule has 2 aromatic rings. The molecule has 9 heteroatoms. The second kappa shape index (κ2) is 7.00. The smallest absolute Gasteiger partial charge is 0.357 e. The van der Waals surface area contributed by atoms with Gasteiger partial charge in [0.2, 0.25) is 10.0 Å². The molecule has 2 heterocycles. The summed E-state index contributed by atoms with van der Waals surface area (Å²) in [6, 6.07) is 6.10. The number of pyridine rings is 1. The van der Waals surface area contributed by atoms with Crippen molar-refractivity contribution in [2.24, 2.45) is 5.92 Å². The van der Waals surface area contributed by atoms with Crippen molar-refractivity contribution in [2.45, 2.75) is 17.7 Å². The molecule has 1 aliphatic heterocycles. The van der Waals surface area contributed by atoms with Gasteiger partial charge < -0.3 is 9.84 Å². The normalized spacial score (nSPS) is 18.6. The van der Waals surface area contributed by atoms with Crippen LogP contribution in [0.4, 0.5) is 0 Å². The quantitative estimate of drug-likeness (QED) is 0.802. The minimum Gasteiger partial charge on any atom is -0.481 e. The van der Waals surface area contributed by atoms with Crippen molar-refractivity contribution in [1.82, 2.24) is 9.29 Å². The summed E-state index contributed by atoms with van der Waals surface area (Å²) in [6.45, 7) is 0.195. The number of hydrogen-bond acceptors (Lipinski definition) is 6. The molecule has 3 rings (SSSR count). The zero-order valence-corrected chi connectivity index (χ0v) is 14.9. The first kappa shape index (κ1) is 18.3. The number of carboxylic acid groups (broad SMARTS) is 1. The minimum absolute atomic E-state index is 0.0218. The molecule has 0 spiro atoms. The number of rotatable bonds is 4. The molecule has 0 amide bonds. The van der Waals surface area contributed by atoms with Gasteiger partial charge >= 0.3 is 11.9 Å². The van der Waals surface area contributed by atoms with E-state index in [0.29, 0.717) is 23.6 Å². The van der Waals surface area contributed by atoms with Crippen LogP contribution < -0.4 is 0 Å². The molecule has 138 valence electrons. The molecule has 26 heavy (non-hydrogen) atoms. The molecule has 1 unspecified atom stereocenters. The summed E-state index contributed by atoms with van der Waals surface area (Å²) < 4.78 is 32.1. The van der Waals surface area contributed by atoms with Crippen LogP contribution in [0.2, 0.25) is 0 Å². The molecular formula is C17H18N2O6S. The average molecular weight is 378 g/mol. The van der Waals surface area contributed by atoms with Crippen LogP contribution in [-0.2, 0) is 19.6 Å². The second-order valence-electron chi connectivity index (χ2n) is 6.04. The average Bonchev–Trinajstić information content (AvgIpc) is 2.66. The van der Waals surface area contributed by atoms with Crippen LogP contribution in [0.5, 0.6) is 0 Å². The molecule has 0 bridgehead atoms. The van der Waals surface area contributed by atoms with Crippen LogP contribution in [0, 0.1) is 5.92 Å². The van der Waals surface area contributed by atoms with Crippen molar-refractivity contribution in [1.29, 1.82) is 0 Å². The fraction of sp³-hybridized carbons (Fsp3) is 0.353. The summed E-state index contributed by atoms with van der Waals surface area (Å²) in [4.78, 5) is 27.2. The maximum absolute atomic E-state index is 13.1. The van der Waals surface area contributed by atoms with Crippen molar-refractivity contribution in [3.8, 4) is 0 Å². The van der Waals surface area contributed by atoms with Gasteiger partial charge in [-0.05, 0) is 25.0 Å². The van der Waals surface area contributed by atoms with Gasteiger partial charge in [-0.25, -0.2) is 18.2 Å². The van der Waals surface area contributed by atoms with Crippen LogP contribution in [0.15, 0.2) is 35.4 Å². The molecule has 8 nitrogen and oxygen atoms in total. The molecule has 1 aromatic heterocycles. The molecule has 1 saturated heterocycles. The number of carbonyl (C=O) groups is 2. The fourth-order valence-electron chi connectivity index (χ4n) is 3.16. The molecule has 1 N–H and O–H groups in total. The Morgan fingerprint density at radius 3 is 2.73 bits per heavy atom. The summed E-state index contributed by atoms with van der Waals surface area (Å²) in [5, 5.41) is 9.92. The van der Waals surface area contributed by atoms with Crippen molar-refractivity contribution in [2.75, 3.05) is 20.2 Å². The fourth-order valence-corrected chi connectivity index (χ4v) is 4.89. The Morgan fingerprint density at radius 1 is 1.27 bits per heavy atom. The maximum atomic E-state index is 13.1. The van der Waals surface area contributed by atoms with E-state index in [1.165, 1.54) is 35.8 Å². The third kappa shape index (κ3) is 3.15. The number of nitrogens with zero attached hydrogens (tertiary/aromatic N) is 2. The third-order valence-corrected chi connectivity index (χ3v) is 6.42. The van der Waals surface area contributed by atoms with Crippen LogP contribution >= 0.6 is 0 Å².